The van der Waals surface area contributed by atoms with Crippen LogP contribution in [-0.2, 0) is 6.54 Å². The second kappa shape index (κ2) is 6.76. The molecule has 2 aromatic heterocycles. The van der Waals surface area contributed by atoms with Crippen LogP contribution in [0, 0.1) is 11.6 Å². The van der Waals surface area contributed by atoms with Crippen molar-refractivity contribution in [3.05, 3.63) is 70.6 Å². The minimum atomic E-state index is -1.15. The maximum Gasteiger partial charge on any atom is 0.253 e. The van der Waals surface area contributed by atoms with Gasteiger partial charge in [0.1, 0.15) is 5.69 Å². The molecule has 3 aromatic rings. The number of hydrogen-bond donors (Lipinski definition) is 1. The molecule has 0 saturated carbocycles. The Kier molecular flexibility index (Phi) is 4.52. The second-order valence-electron chi connectivity index (χ2n) is 4.82. The molecule has 0 aliphatic rings. The molecule has 0 saturated heterocycles. The molecule has 8 heteroatoms. The second-order valence-corrected chi connectivity index (χ2v) is 5.23. The lowest BCUT2D eigenvalue weighted by Crippen LogP contribution is -2.23. The molecule has 0 aliphatic carbocycles. The van der Waals surface area contributed by atoms with Crippen LogP contribution in [0.15, 0.2) is 47.1 Å². The van der Waals surface area contributed by atoms with Gasteiger partial charge in [-0.3, -0.25) is 9.78 Å². The fourth-order valence-electron chi connectivity index (χ4n) is 1.99. The summed E-state index contributed by atoms with van der Waals surface area (Å²) in [5, 5.41) is 6.17. The fraction of sp³-hybridized carbons (Fsp3) is 0.0625. The Balaban J connectivity index is 1.69. The summed E-state index contributed by atoms with van der Waals surface area (Å²) in [6.07, 6.45) is 1.62. The highest BCUT2D eigenvalue weighted by atomic mass is 35.5. The van der Waals surface area contributed by atoms with E-state index in [0.717, 1.165) is 12.1 Å². The summed E-state index contributed by atoms with van der Waals surface area (Å²) in [5.41, 5.74) is 0.980. The van der Waals surface area contributed by atoms with Gasteiger partial charge >= 0.3 is 0 Å². The van der Waals surface area contributed by atoms with Crippen LogP contribution in [0.5, 0.6) is 0 Å². The summed E-state index contributed by atoms with van der Waals surface area (Å²) >= 11 is 5.75. The van der Waals surface area contributed by atoms with Crippen molar-refractivity contribution < 1.29 is 18.1 Å². The van der Waals surface area contributed by atoms with E-state index in [0.29, 0.717) is 17.1 Å². The molecule has 5 nitrogen and oxygen atoms in total. The molecule has 0 aliphatic heterocycles. The third-order valence-electron chi connectivity index (χ3n) is 3.16. The number of carbonyl (C=O) groups is 1. The van der Waals surface area contributed by atoms with Gasteiger partial charge in [0.25, 0.3) is 5.91 Å². The monoisotopic (exact) mass is 349 g/mol. The van der Waals surface area contributed by atoms with Gasteiger partial charge in [-0.2, -0.15) is 0 Å². The topological polar surface area (TPSA) is 68.0 Å². The Labute approximate surface area is 140 Å². The van der Waals surface area contributed by atoms with Crippen molar-refractivity contribution in [1.82, 2.24) is 15.5 Å². The minimum absolute atomic E-state index is 0.00793. The average Bonchev–Trinajstić information content (AvgIpc) is 3.06. The summed E-state index contributed by atoms with van der Waals surface area (Å²) in [6, 6.07) is 8.46. The molecule has 0 bridgehead atoms. The van der Waals surface area contributed by atoms with Crippen molar-refractivity contribution in [3.8, 4) is 11.4 Å². The quantitative estimate of drug-likeness (QED) is 0.731. The lowest BCUT2D eigenvalue weighted by Gasteiger charge is -2.05. The molecular weight excluding hydrogens is 340 g/mol. The van der Waals surface area contributed by atoms with Gasteiger partial charge in [0, 0.05) is 12.3 Å². The molecule has 0 fully saturated rings. The van der Waals surface area contributed by atoms with E-state index in [1.807, 2.05) is 6.07 Å². The molecule has 1 amide bonds. The number of nitrogens with one attached hydrogen (secondary N) is 1. The van der Waals surface area contributed by atoms with E-state index in [4.69, 9.17) is 16.1 Å². The number of amides is 1. The Morgan fingerprint density at radius 1 is 1.17 bits per heavy atom. The fourth-order valence-corrected chi connectivity index (χ4v) is 2.23. The number of nitrogens with zero attached hydrogens (tertiary/aromatic N) is 2. The standard InChI is InChI=1S/C16H10ClF2N3O2/c17-11-7-13(19)12(18)6-10(11)16(23)21-8-9-5-15(22-24-9)14-3-1-2-4-20-14/h1-7H,8H2,(H,21,23). The Bertz CT molecular complexity index is 884. The molecule has 3 rings (SSSR count). The van der Waals surface area contributed by atoms with E-state index in [1.165, 1.54) is 0 Å². The van der Waals surface area contributed by atoms with Crippen molar-refractivity contribution in [1.29, 1.82) is 0 Å². The molecular formula is C16H10ClF2N3O2. The van der Waals surface area contributed by atoms with Crippen LogP contribution >= 0.6 is 11.6 Å². The molecule has 24 heavy (non-hydrogen) atoms. The maximum absolute atomic E-state index is 13.2. The van der Waals surface area contributed by atoms with Crippen LogP contribution in [0.1, 0.15) is 16.1 Å². The van der Waals surface area contributed by atoms with Gasteiger partial charge in [-0.05, 0) is 24.3 Å². The Hall–Kier alpha value is -2.80. The highest BCUT2D eigenvalue weighted by Gasteiger charge is 2.16. The minimum Gasteiger partial charge on any atom is -0.359 e. The Morgan fingerprint density at radius 3 is 2.71 bits per heavy atom. The summed E-state index contributed by atoms with van der Waals surface area (Å²) in [6.45, 7) is 0.00793. The number of benzene rings is 1. The Morgan fingerprint density at radius 2 is 1.96 bits per heavy atom. The van der Waals surface area contributed by atoms with E-state index >= 15 is 0 Å². The predicted molar refractivity (Wildman–Crippen MR) is 82.3 cm³/mol. The van der Waals surface area contributed by atoms with Crippen LogP contribution in [0.4, 0.5) is 8.78 Å². The molecule has 1 aromatic carbocycles. The molecule has 0 spiro atoms. The van der Waals surface area contributed by atoms with E-state index in [2.05, 4.69) is 15.5 Å². The van der Waals surface area contributed by atoms with Crippen LogP contribution in [-0.4, -0.2) is 16.0 Å². The molecule has 1 N–H and O–H groups in total. The number of hydrogen-bond acceptors (Lipinski definition) is 4. The highest BCUT2D eigenvalue weighted by molar-refractivity contribution is 6.33. The van der Waals surface area contributed by atoms with Crippen molar-refractivity contribution in [2.45, 2.75) is 6.54 Å². The zero-order valence-corrected chi connectivity index (χ0v) is 12.8. The first kappa shape index (κ1) is 16.1. The van der Waals surface area contributed by atoms with Crippen molar-refractivity contribution >= 4 is 17.5 Å². The van der Waals surface area contributed by atoms with E-state index in [1.54, 1.807) is 24.4 Å². The highest BCUT2D eigenvalue weighted by Crippen LogP contribution is 2.20. The van der Waals surface area contributed by atoms with Crippen molar-refractivity contribution in [2.75, 3.05) is 0 Å². The van der Waals surface area contributed by atoms with E-state index in [9.17, 15) is 13.6 Å². The summed E-state index contributed by atoms with van der Waals surface area (Å²) < 4.78 is 31.3. The summed E-state index contributed by atoms with van der Waals surface area (Å²) in [5.74, 6) is -2.55. The number of aromatic nitrogens is 2. The number of pyridine rings is 1. The van der Waals surface area contributed by atoms with Crippen molar-refractivity contribution in [2.24, 2.45) is 0 Å². The molecule has 0 atom stereocenters. The summed E-state index contributed by atoms with van der Waals surface area (Å²) in [7, 11) is 0. The molecule has 0 radical (unpaired) electrons. The van der Waals surface area contributed by atoms with Gasteiger partial charge in [0.15, 0.2) is 17.4 Å². The van der Waals surface area contributed by atoms with Crippen LogP contribution in [0.3, 0.4) is 0 Å². The first-order valence-electron chi connectivity index (χ1n) is 6.84. The van der Waals surface area contributed by atoms with Crippen LogP contribution in [0.25, 0.3) is 11.4 Å². The summed E-state index contributed by atoms with van der Waals surface area (Å²) in [4.78, 5) is 16.2. The largest absolute Gasteiger partial charge is 0.359 e. The third kappa shape index (κ3) is 3.41. The zero-order valence-electron chi connectivity index (χ0n) is 12.1. The van der Waals surface area contributed by atoms with Crippen LogP contribution < -0.4 is 5.32 Å². The predicted octanol–water partition coefficient (Wildman–Crippen LogP) is 3.60. The molecule has 2 heterocycles. The first-order chi connectivity index (χ1) is 11.5. The number of halogens is 3. The van der Waals surface area contributed by atoms with Gasteiger partial charge in [0.2, 0.25) is 0 Å². The number of carbonyl (C=O) groups excluding carboxylic acids is 1. The van der Waals surface area contributed by atoms with E-state index in [-0.39, 0.29) is 17.1 Å². The first-order valence-corrected chi connectivity index (χ1v) is 7.22. The van der Waals surface area contributed by atoms with Gasteiger partial charge in [-0.25, -0.2) is 8.78 Å². The number of rotatable bonds is 4. The third-order valence-corrected chi connectivity index (χ3v) is 3.48. The molecule has 0 unspecified atom stereocenters. The van der Waals surface area contributed by atoms with Crippen LogP contribution in [0.2, 0.25) is 5.02 Å². The average molecular weight is 350 g/mol. The smallest absolute Gasteiger partial charge is 0.253 e. The maximum atomic E-state index is 13.2. The van der Waals surface area contributed by atoms with Crippen molar-refractivity contribution in [3.63, 3.8) is 0 Å². The van der Waals surface area contributed by atoms with Gasteiger partial charge < -0.3 is 9.84 Å². The SMILES string of the molecule is O=C(NCc1cc(-c2ccccn2)no1)c1cc(F)c(F)cc1Cl. The van der Waals surface area contributed by atoms with Gasteiger partial charge in [-0.1, -0.05) is 22.8 Å². The normalized spacial score (nSPS) is 10.6. The zero-order chi connectivity index (χ0) is 17.1. The molecule has 122 valence electrons. The van der Waals surface area contributed by atoms with Gasteiger partial charge in [-0.15, -0.1) is 0 Å². The lowest BCUT2D eigenvalue weighted by atomic mass is 10.2. The van der Waals surface area contributed by atoms with E-state index < -0.39 is 17.5 Å². The lowest BCUT2D eigenvalue weighted by molar-refractivity contribution is 0.0946. The van der Waals surface area contributed by atoms with Gasteiger partial charge in [0.05, 0.1) is 22.8 Å².